The van der Waals surface area contributed by atoms with Crippen LogP contribution >= 0.6 is 7.52 Å². The molecule has 0 radical (unpaired) electrons. The predicted molar refractivity (Wildman–Crippen MR) is 77.1 cm³/mol. The van der Waals surface area contributed by atoms with E-state index in [1.54, 1.807) is 16.8 Å². The molecule has 5 nitrogen and oxygen atoms in total. The molecule has 20 heavy (non-hydrogen) atoms. The van der Waals surface area contributed by atoms with Gasteiger partial charge in [-0.1, -0.05) is 18.2 Å². The Labute approximate surface area is 119 Å². The zero-order valence-electron chi connectivity index (χ0n) is 11.7. The fourth-order valence-corrected chi connectivity index (χ4v) is 4.49. The highest BCUT2D eigenvalue weighted by molar-refractivity contribution is 7.64. The van der Waals surface area contributed by atoms with E-state index in [4.69, 9.17) is 9.26 Å². The second-order valence-corrected chi connectivity index (χ2v) is 7.10. The first-order chi connectivity index (χ1) is 9.66. The minimum Gasteiger partial charge on any atom is -0.468 e. The molecule has 0 bridgehead atoms. The molecule has 1 aromatic rings. The Kier molecular flexibility index (Phi) is 5.35. The quantitative estimate of drug-likeness (QED) is 0.632. The van der Waals surface area contributed by atoms with Crippen LogP contribution in [0.15, 0.2) is 30.3 Å². The Morgan fingerprint density at radius 3 is 2.75 bits per heavy atom. The molecule has 0 spiro atoms. The normalized spacial score (nSPS) is 24.6. The van der Waals surface area contributed by atoms with Gasteiger partial charge in [0.25, 0.3) is 0 Å². The van der Waals surface area contributed by atoms with Gasteiger partial charge in [-0.05, 0) is 31.4 Å². The number of carbonyl (C=O) groups excluding carboxylic acids is 1. The highest BCUT2D eigenvalue weighted by Gasteiger charge is 2.36. The van der Waals surface area contributed by atoms with Crippen molar-refractivity contribution in [2.24, 2.45) is 0 Å². The molecule has 1 saturated heterocycles. The summed E-state index contributed by atoms with van der Waals surface area (Å²) in [5.41, 5.74) is 0. The number of benzene rings is 1. The number of nitrogens with zero attached hydrogens (tertiary/aromatic N) is 1. The molecule has 110 valence electrons. The predicted octanol–water partition coefficient (Wildman–Crippen LogP) is 2.18. The van der Waals surface area contributed by atoms with E-state index in [9.17, 15) is 9.36 Å². The Morgan fingerprint density at radius 2 is 2.05 bits per heavy atom. The first kappa shape index (κ1) is 15.2. The molecular formula is C14H20NO4P. The van der Waals surface area contributed by atoms with Crippen LogP contribution in [0.25, 0.3) is 0 Å². The zero-order chi connectivity index (χ0) is 14.4. The van der Waals surface area contributed by atoms with Crippen LogP contribution in [0.4, 0.5) is 0 Å². The number of hydrogen-bond acceptors (Lipinski definition) is 4. The number of carbonyl (C=O) groups is 1. The van der Waals surface area contributed by atoms with Crippen molar-refractivity contribution < 1.29 is 18.6 Å². The maximum absolute atomic E-state index is 13.3. The van der Waals surface area contributed by atoms with Gasteiger partial charge >= 0.3 is 13.5 Å². The van der Waals surface area contributed by atoms with Gasteiger partial charge in [-0.15, -0.1) is 0 Å². The molecule has 0 aromatic heterocycles. The van der Waals surface area contributed by atoms with Crippen molar-refractivity contribution in [3.8, 4) is 0 Å². The monoisotopic (exact) mass is 297 g/mol. The fraction of sp³-hybridized carbons (Fsp3) is 0.500. The summed E-state index contributed by atoms with van der Waals surface area (Å²) in [4.78, 5) is 11.6. The van der Waals surface area contributed by atoms with Crippen LogP contribution in [0, 0.1) is 0 Å². The number of methoxy groups -OCH3 is 1. The molecule has 1 aliphatic heterocycles. The Bertz CT molecular complexity index is 491. The second-order valence-electron chi connectivity index (χ2n) is 4.71. The average molecular weight is 297 g/mol. The largest absolute Gasteiger partial charge is 0.468 e. The number of ether oxygens (including phenoxy) is 1. The summed E-state index contributed by atoms with van der Waals surface area (Å²) in [6, 6.07) is 9.09. The second kappa shape index (κ2) is 7.02. The van der Waals surface area contributed by atoms with E-state index in [2.05, 4.69) is 0 Å². The zero-order valence-corrected chi connectivity index (χ0v) is 12.6. The first-order valence-corrected chi connectivity index (χ1v) is 8.37. The van der Waals surface area contributed by atoms with Crippen molar-refractivity contribution in [3.63, 3.8) is 0 Å². The third kappa shape index (κ3) is 3.48. The lowest BCUT2D eigenvalue weighted by Crippen LogP contribution is -2.34. The van der Waals surface area contributed by atoms with Crippen LogP contribution in [0.5, 0.6) is 0 Å². The molecule has 1 aliphatic rings. The Hall–Kier alpha value is -1.16. The van der Waals surface area contributed by atoms with E-state index >= 15 is 0 Å². The van der Waals surface area contributed by atoms with Gasteiger partial charge in [-0.25, -0.2) is 4.67 Å². The summed E-state index contributed by atoms with van der Waals surface area (Å²) in [5.74, 6) is -0.398. The van der Waals surface area contributed by atoms with Gasteiger partial charge in [0.1, 0.15) is 6.54 Å². The molecule has 1 unspecified atom stereocenters. The van der Waals surface area contributed by atoms with E-state index in [1.807, 2.05) is 18.2 Å². The summed E-state index contributed by atoms with van der Waals surface area (Å²) in [6.45, 7) is 1.01. The lowest BCUT2D eigenvalue weighted by molar-refractivity contribution is -0.141. The molecule has 0 N–H and O–H groups in total. The van der Waals surface area contributed by atoms with Gasteiger partial charge in [-0.2, -0.15) is 0 Å². The first-order valence-electron chi connectivity index (χ1n) is 6.79. The summed E-state index contributed by atoms with van der Waals surface area (Å²) in [5, 5.41) is 0.630. The third-order valence-electron chi connectivity index (χ3n) is 3.32. The third-order valence-corrected chi connectivity index (χ3v) is 5.89. The van der Waals surface area contributed by atoms with Crippen LogP contribution in [-0.4, -0.2) is 37.4 Å². The van der Waals surface area contributed by atoms with Gasteiger partial charge in [-0.3, -0.25) is 9.36 Å². The molecule has 0 aliphatic carbocycles. The van der Waals surface area contributed by atoms with Crippen LogP contribution in [0.1, 0.15) is 19.3 Å². The van der Waals surface area contributed by atoms with E-state index < -0.39 is 13.5 Å². The van der Waals surface area contributed by atoms with Crippen LogP contribution in [0.2, 0.25) is 0 Å². The molecule has 0 amide bonds. The smallest absolute Gasteiger partial charge is 0.320 e. The number of esters is 1. The van der Waals surface area contributed by atoms with Crippen molar-refractivity contribution in [2.75, 3.05) is 26.8 Å². The molecule has 1 heterocycles. The number of hydrogen-bond donors (Lipinski definition) is 0. The standard InChI is InChI=1S/C14H20NO4P/c1-18-14(16)12-15-10-6-3-7-11-19-20(15,17)13-8-4-2-5-9-13/h2,4-5,8-9H,3,6-7,10-12H2,1H3. The van der Waals surface area contributed by atoms with Gasteiger partial charge < -0.3 is 9.26 Å². The Morgan fingerprint density at radius 1 is 1.30 bits per heavy atom. The molecule has 0 saturated carbocycles. The van der Waals surface area contributed by atoms with Crippen molar-refractivity contribution >= 4 is 18.8 Å². The maximum Gasteiger partial charge on any atom is 0.320 e. The van der Waals surface area contributed by atoms with Crippen LogP contribution < -0.4 is 5.30 Å². The summed E-state index contributed by atoms with van der Waals surface area (Å²) < 4.78 is 25.3. The molecular weight excluding hydrogens is 277 g/mol. The Balaban J connectivity index is 2.31. The van der Waals surface area contributed by atoms with E-state index in [1.165, 1.54) is 7.11 Å². The minimum absolute atomic E-state index is 0.0112. The van der Waals surface area contributed by atoms with Crippen LogP contribution in [0.3, 0.4) is 0 Å². The number of rotatable bonds is 3. The van der Waals surface area contributed by atoms with Gasteiger partial charge in [0.15, 0.2) is 0 Å². The average Bonchev–Trinajstić information content (AvgIpc) is 2.47. The van der Waals surface area contributed by atoms with Crippen molar-refractivity contribution in [1.82, 2.24) is 4.67 Å². The van der Waals surface area contributed by atoms with Crippen molar-refractivity contribution in [2.45, 2.75) is 19.3 Å². The van der Waals surface area contributed by atoms with Gasteiger partial charge in [0, 0.05) is 6.54 Å². The summed E-state index contributed by atoms with van der Waals surface area (Å²) >= 11 is 0. The molecule has 1 aromatic carbocycles. The van der Waals surface area contributed by atoms with E-state index in [0.717, 1.165) is 19.3 Å². The van der Waals surface area contributed by atoms with E-state index in [0.29, 0.717) is 18.5 Å². The van der Waals surface area contributed by atoms with Gasteiger partial charge in [0.2, 0.25) is 0 Å². The molecule has 1 atom stereocenters. The topological polar surface area (TPSA) is 55.8 Å². The maximum atomic E-state index is 13.3. The lowest BCUT2D eigenvalue weighted by Gasteiger charge is -2.32. The summed E-state index contributed by atoms with van der Waals surface area (Å²) in [7, 11) is -1.85. The fourth-order valence-electron chi connectivity index (χ4n) is 2.21. The molecule has 1 fully saturated rings. The van der Waals surface area contributed by atoms with E-state index in [-0.39, 0.29) is 6.54 Å². The lowest BCUT2D eigenvalue weighted by atomic mass is 10.2. The summed E-state index contributed by atoms with van der Waals surface area (Å²) in [6.07, 6.45) is 2.80. The highest BCUT2D eigenvalue weighted by Crippen LogP contribution is 2.50. The highest BCUT2D eigenvalue weighted by atomic mass is 31.2. The SMILES string of the molecule is COC(=O)CN1CCCCCOP1(=O)c1ccccc1. The van der Waals surface area contributed by atoms with Gasteiger partial charge in [0.05, 0.1) is 19.0 Å². The van der Waals surface area contributed by atoms with Crippen LogP contribution in [-0.2, 0) is 18.6 Å². The molecule has 2 rings (SSSR count). The molecule has 6 heteroatoms. The van der Waals surface area contributed by atoms with Crippen molar-refractivity contribution in [3.05, 3.63) is 30.3 Å². The minimum atomic E-state index is -3.18. The van der Waals surface area contributed by atoms with Crippen molar-refractivity contribution in [1.29, 1.82) is 0 Å².